The van der Waals surface area contributed by atoms with Crippen molar-refractivity contribution >= 4 is 0 Å². The predicted octanol–water partition coefficient (Wildman–Crippen LogP) is -12.0. The van der Waals surface area contributed by atoms with Crippen LogP contribution in [0.5, 0.6) is 0 Å². The third-order valence-corrected chi connectivity index (χ3v) is 0. The van der Waals surface area contributed by atoms with Crippen LogP contribution < -0.4 is 43.7 Å². The van der Waals surface area contributed by atoms with Gasteiger partial charge in [-0.15, -0.1) is 0 Å². The van der Waals surface area contributed by atoms with Crippen LogP contribution in [0.25, 0.3) is 0 Å². The Hall–Kier alpha value is 1.89. The zero-order valence-electron chi connectivity index (χ0n) is 2.71. The largest absolute Gasteiger partial charge is 3.00 e. The van der Waals surface area contributed by atoms with Crippen molar-refractivity contribution in [3.05, 3.63) is 0 Å². The summed E-state index contributed by atoms with van der Waals surface area (Å²) < 4.78 is 0. The maximum atomic E-state index is 0. The van der Waals surface area contributed by atoms with E-state index in [9.17, 15) is 0 Å². The molecular weight excluding hydrogens is 169 g/mol. The van der Waals surface area contributed by atoms with Crippen LogP contribution in [0.1, 0.15) is 0 Å². The van der Waals surface area contributed by atoms with Gasteiger partial charge in [0.25, 0.3) is 0 Å². The number of hydrogen-bond acceptors (Lipinski definition) is 0. The van der Waals surface area contributed by atoms with Crippen LogP contribution in [0.15, 0.2) is 0 Å². The van der Waals surface area contributed by atoms with Crippen molar-refractivity contribution in [2.24, 2.45) is 0 Å². The SMILES string of the molecule is [F-].[F-].[F-].[Na+].[Y+3]. The third-order valence-electron chi connectivity index (χ3n) is 0. The average molecular weight is 169 g/mol. The maximum absolute atomic E-state index is 0. The van der Waals surface area contributed by atoms with E-state index in [1.807, 2.05) is 0 Å². The normalized spacial score (nSPS) is 0. The Labute approximate surface area is 75.4 Å². The summed E-state index contributed by atoms with van der Waals surface area (Å²) in [7, 11) is 0. The molecule has 0 aromatic heterocycles. The first kappa shape index (κ1) is 66.8. The fraction of sp³-hybridized carbons (Fsp3) is 0. The van der Waals surface area contributed by atoms with Crippen LogP contribution in [0, 0.1) is 0 Å². The molecule has 0 aliphatic carbocycles. The van der Waals surface area contributed by atoms with Crippen molar-refractivity contribution in [1.29, 1.82) is 0 Å². The second-order valence-electron chi connectivity index (χ2n) is 0. The summed E-state index contributed by atoms with van der Waals surface area (Å²) in [5.41, 5.74) is 0. The zero-order chi connectivity index (χ0) is 0. The molecule has 5 heteroatoms. The van der Waals surface area contributed by atoms with Crippen LogP contribution in [-0.4, -0.2) is 0 Å². The molecule has 0 saturated carbocycles. The predicted molar refractivity (Wildman–Crippen MR) is 0 cm³/mol. The zero-order valence-corrected chi connectivity index (χ0v) is 7.55. The van der Waals surface area contributed by atoms with Crippen molar-refractivity contribution < 1.29 is 76.4 Å². The summed E-state index contributed by atoms with van der Waals surface area (Å²) >= 11 is 0. The number of rotatable bonds is 0. The Kier molecular flexibility index (Phi) is 526. The number of halogens is 3. The van der Waals surface area contributed by atoms with Crippen LogP contribution in [0.4, 0.5) is 0 Å². The molecular formula is F3NaY+. The Morgan fingerprint density at radius 1 is 0.600 bits per heavy atom. The van der Waals surface area contributed by atoms with Gasteiger partial charge in [0.2, 0.25) is 0 Å². The fourth-order valence-corrected chi connectivity index (χ4v) is 0. The van der Waals surface area contributed by atoms with Crippen LogP contribution >= 0.6 is 0 Å². The summed E-state index contributed by atoms with van der Waals surface area (Å²) in [6.07, 6.45) is 0. The monoisotopic (exact) mass is 169 g/mol. The molecule has 0 aromatic rings. The Morgan fingerprint density at radius 3 is 0.600 bits per heavy atom. The van der Waals surface area contributed by atoms with E-state index in [-0.39, 0.29) is 76.4 Å². The molecule has 0 rings (SSSR count). The van der Waals surface area contributed by atoms with Crippen molar-refractivity contribution in [2.45, 2.75) is 0 Å². The molecule has 0 unspecified atom stereocenters. The molecule has 0 bridgehead atoms. The van der Waals surface area contributed by atoms with E-state index in [0.29, 0.717) is 0 Å². The first-order valence-corrected chi connectivity index (χ1v) is 0. The summed E-state index contributed by atoms with van der Waals surface area (Å²) in [5, 5.41) is 0. The first-order chi connectivity index (χ1) is 0. The van der Waals surface area contributed by atoms with Gasteiger partial charge in [-0.3, -0.25) is 0 Å². The molecule has 0 amide bonds. The van der Waals surface area contributed by atoms with Crippen molar-refractivity contribution in [1.82, 2.24) is 0 Å². The molecule has 0 aromatic carbocycles. The van der Waals surface area contributed by atoms with Crippen LogP contribution in [-0.2, 0) is 32.7 Å². The smallest absolute Gasteiger partial charge is 1.00 e. The number of hydrogen-bond donors (Lipinski definition) is 0. The molecule has 0 nitrogen and oxygen atoms in total. The third kappa shape index (κ3) is 24.9. The Morgan fingerprint density at radius 2 is 0.600 bits per heavy atom. The summed E-state index contributed by atoms with van der Waals surface area (Å²) in [6, 6.07) is 0. The molecule has 24 valence electrons. The second kappa shape index (κ2) is 39.4. The van der Waals surface area contributed by atoms with Gasteiger partial charge in [-0.05, 0) is 0 Å². The van der Waals surface area contributed by atoms with Gasteiger partial charge in [0.15, 0.2) is 0 Å². The molecule has 0 aliphatic heterocycles. The minimum atomic E-state index is 0. The van der Waals surface area contributed by atoms with E-state index in [2.05, 4.69) is 0 Å². The average Bonchev–Trinajstić information content (AvgIpc) is 0. The van der Waals surface area contributed by atoms with Gasteiger partial charge in [0.05, 0.1) is 0 Å². The molecule has 0 spiro atoms. The van der Waals surface area contributed by atoms with E-state index in [4.69, 9.17) is 0 Å². The summed E-state index contributed by atoms with van der Waals surface area (Å²) in [5.74, 6) is 0. The standard InChI is InChI=1S/3FH.Na.Y/h3*1H;;/q;;;+1;+3/p-3. The van der Waals surface area contributed by atoms with Crippen LogP contribution in [0.3, 0.4) is 0 Å². The minimum absolute atomic E-state index is 0. The van der Waals surface area contributed by atoms with E-state index < -0.39 is 0 Å². The van der Waals surface area contributed by atoms with E-state index in [1.165, 1.54) is 0 Å². The molecule has 5 heavy (non-hydrogen) atoms. The molecule has 0 heterocycles. The molecule has 0 atom stereocenters. The van der Waals surface area contributed by atoms with Gasteiger partial charge >= 0.3 is 62.3 Å². The molecule has 0 aliphatic rings. The Bertz CT molecular complexity index is 6.85. The minimum Gasteiger partial charge on any atom is -1.00 e. The summed E-state index contributed by atoms with van der Waals surface area (Å²) in [4.78, 5) is 0. The molecule has 0 N–H and O–H groups in total. The van der Waals surface area contributed by atoms with Gasteiger partial charge < -0.3 is 14.1 Å². The van der Waals surface area contributed by atoms with Gasteiger partial charge in [-0.1, -0.05) is 0 Å². The molecule has 0 fully saturated rings. The first-order valence-electron chi connectivity index (χ1n) is 0. The van der Waals surface area contributed by atoms with E-state index >= 15 is 0 Å². The van der Waals surface area contributed by atoms with E-state index in [0.717, 1.165) is 0 Å². The topological polar surface area (TPSA) is 0 Å². The van der Waals surface area contributed by atoms with Gasteiger partial charge in [0, 0.05) is 0 Å². The fourth-order valence-electron chi connectivity index (χ4n) is 0. The van der Waals surface area contributed by atoms with E-state index in [1.54, 1.807) is 0 Å². The van der Waals surface area contributed by atoms with Gasteiger partial charge in [0.1, 0.15) is 0 Å². The second-order valence-corrected chi connectivity index (χ2v) is 0. The molecule has 0 saturated heterocycles. The van der Waals surface area contributed by atoms with Gasteiger partial charge in [-0.2, -0.15) is 0 Å². The van der Waals surface area contributed by atoms with Crippen molar-refractivity contribution in [3.63, 3.8) is 0 Å². The van der Waals surface area contributed by atoms with Crippen LogP contribution in [0.2, 0.25) is 0 Å². The van der Waals surface area contributed by atoms with Crippen molar-refractivity contribution in [2.75, 3.05) is 0 Å². The summed E-state index contributed by atoms with van der Waals surface area (Å²) in [6.45, 7) is 0. The van der Waals surface area contributed by atoms with Crippen molar-refractivity contribution in [3.8, 4) is 0 Å². The molecule has 0 radical (unpaired) electrons. The Balaban J connectivity index is 0. The maximum Gasteiger partial charge on any atom is 3.00 e. The quantitative estimate of drug-likeness (QED) is 0.316. The van der Waals surface area contributed by atoms with Gasteiger partial charge in [-0.25, -0.2) is 0 Å².